The summed E-state index contributed by atoms with van der Waals surface area (Å²) in [4.78, 5) is 0. The van der Waals surface area contributed by atoms with Crippen molar-refractivity contribution in [1.29, 1.82) is 0 Å². The van der Waals surface area contributed by atoms with Gasteiger partial charge in [-0.2, -0.15) is 0 Å². The molecular formula is C16H25N. The van der Waals surface area contributed by atoms with Crippen molar-refractivity contribution in [3.05, 3.63) is 35.4 Å². The molecule has 0 radical (unpaired) electrons. The summed E-state index contributed by atoms with van der Waals surface area (Å²) in [6, 6.07) is 9.61. The van der Waals surface area contributed by atoms with Gasteiger partial charge in [0.15, 0.2) is 0 Å². The lowest BCUT2D eigenvalue weighted by Gasteiger charge is -2.29. The molecule has 94 valence electrons. The highest BCUT2D eigenvalue weighted by molar-refractivity contribution is 5.26. The van der Waals surface area contributed by atoms with Crippen molar-refractivity contribution >= 4 is 0 Å². The zero-order valence-corrected chi connectivity index (χ0v) is 11.4. The van der Waals surface area contributed by atoms with Crippen molar-refractivity contribution in [2.75, 3.05) is 6.54 Å². The minimum atomic E-state index is 0.398. The van der Waals surface area contributed by atoms with E-state index in [0.717, 1.165) is 12.6 Å². The molecule has 1 unspecified atom stereocenters. The molecule has 0 amide bonds. The quantitative estimate of drug-likeness (QED) is 0.787. The number of aryl methyl sites for hydroxylation is 1. The molecule has 1 fully saturated rings. The smallest absolute Gasteiger partial charge is 0.00684 e. The van der Waals surface area contributed by atoms with Crippen LogP contribution in [0, 0.1) is 12.3 Å². The molecule has 0 saturated heterocycles. The third-order valence-corrected chi connectivity index (χ3v) is 4.13. The van der Waals surface area contributed by atoms with Crippen LogP contribution in [-0.4, -0.2) is 12.6 Å². The number of benzene rings is 1. The minimum absolute atomic E-state index is 0.398. The van der Waals surface area contributed by atoms with Gasteiger partial charge in [0.2, 0.25) is 0 Å². The van der Waals surface area contributed by atoms with E-state index in [1.54, 1.807) is 0 Å². The molecule has 0 bridgehead atoms. The van der Waals surface area contributed by atoms with Gasteiger partial charge in [-0.25, -0.2) is 0 Å². The van der Waals surface area contributed by atoms with Gasteiger partial charge in [0.1, 0.15) is 0 Å². The fraction of sp³-hybridized carbons (Fsp3) is 0.625. The van der Waals surface area contributed by atoms with Crippen molar-refractivity contribution in [2.24, 2.45) is 5.41 Å². The van der Waals surface area contributed by atoms with Crippen LogP contribution in [0.3, 0.4) is 0 Å². The summed E-state index contributed by atoms with van der Waals surface area (Å²) >= 11 is 0. The molecule has 1 heteroatoms. The van der Waals surface area contributed by atoms with Crippen LogP contribution in [0.15, 0.2) is 24.3 Å². The highest BCUT2D eigenvalue weighted by Gasteiger charge is 2.27. The molecule has 0 heterocycles. The van der Waals surface area contributed by atoms with Crippen LogP contribution in [0.2, 0.25) is 0 Å². The zero-order valence-electron chi connectivity index (χ0n) is 11.4. The Hall–Kier alpha value is -0.820. The normalized spacial score (nSPS) is 19.0. The maximum atomic E-state index is 3.69. The minimum Gasteiger partial charge on any atom is -0.313 e. The molecule has 1 aromatic rings. The van der Waals surface area contributed by atoms with E-state index in [1.165, 1.54) is 36.8 Å². The summed E-state index contributed by atoms with van der Waals surface area (Å²) in [5, 5.41) is 3.69. The van der Waals surface area contributed by atoms with E-state index in [1.807, 2.05) is 0 Å². The Labute approximate surface area is 106 Å². The maximum Gasteiger partial charge on any atom is 0.00684 e. The topological polar surface area (TPSA) is 12.0 Å². The van der Waals surface area contributed by atoms with Gasteiger partial charge in [0.05, 0.1) is 0 Å². The number of hydrogen-bond donors (Lipinski definition) is 1. The highest BCUT2D eigenvalue weighted by atomic mass is 15.0. The van der Waals surface area contributed by atoms with Crippen LogP contribution < -0.4 is 5.32 Å². The summed E-state index contributed by atoms with van der Waals surface area (Å²) in [5.41, 5.74) is 3.34. The standard InChI is InChI=1S/C16H25N/c1-4-16(3,12-17-15-9-10-15)11-14-8-6-5-7-13(14)2/h5-8,15,17H,4,9-12H2,1-3H3. The van der Waals surface area contributed by atoms with Gasteiger partial charge < -0.3 is 5.32 Å². The average molecular weight is 231 g/mol. The predicted octanol–water partition coefficient (Wildman–Crippen LogP) is 3.71. The lowest BCUT2D eigenvalue weighted by atomic mass is 9.80. The first-order valence-corrected chi connectivity index (χ1v) is 6.91. The summed E-state index contributed by atoms with van der Waals surface area (Å²) in [6.07, 6.45) is 5.19. The van der Waals surface area contributed by atoms with Crippen molar-refractivity contribution in [2.45, 2.75) is 52.5 Å². The van der Waals surface area contributed by atoms with E-state index >= 15 is 0 Å². The molecule has 0 aromatic heterocycles. The molecule has 0 spiro atoms. The maximum absolute atomic E-state index is 3.69. The monoisotopic (exact) mass is 231 g/mol. The Morgan fingerprint density at radius 1 is 1.29 bits per heavy atom. The van der Waals surface area contributed by atoms with E-state index in [9.17, 15) is 0 Å². The van der Waals surface area contributed by atoms with Crippen molar-refractivity contribution in [1.82, 2.24) is 5.32 Å². The van der Waals surface area contributed by atoms with Crippen LogP contribution in [0.25, 0.3) is 0 Å². The first-order chi connectivity index (χ1) is 8.13. The lowest BCUT2D eigenvalue weighted by molar-refractivity contribution is 0.289. The molecule has 2 rings (SSSR count). The molecule has 1 nitrogen and oxygen atoms in total. The molecule has 1 aliphatic rings. The fourth-order valence-electron chi connectivity index (χ4n) is 2.26. The summed E-state index contributed by atoms with van der Waals surface area (Å²) < 4.78 is 0. The molecule has 0 aliphatic heterocycles. The van der Waals surface area contributed by atoms with Crippen molar-refractivity contribution in [3.8, 4) is 0 Å². The predicted molar refractivity (Wildman–Crippen MR) is 74.3 cm³/mol. The number of rotatable bonds is 6. The Morgan fingerprint density at radius 2 is 2.00 bits per heavy atom. The van der Waals surface area contributed by atoms with E-state index in [0.29, 0.717) is 5.41 Å². The van der Waals surface area contributed by atoms with E-state index in [4.69, 9.17) is 0 Å². The van der Waals surface area contributed by atoms with E-state index < -0.39 is 0 Å². The van der Waals surface area contributed by atoms with Crippen molar-refractivity contribution in [3.63, 3.8) is 0 Å². The van der Waals surface area contributed by atoms with Gasteiger partial charge in [-0.1, -0.05) is 38.1 Å². The second-order valence-corrected chi connectivity index (χ2v) is 5.92. The van der Waals surface area contributed by atoms with Gasteiger partial charge in [0, 0.05) is 12.6 Å². The fourth-order valence-corrected chi connectivity index (χ4v) is 2.26. The molecule has 1 aromatic carbocycles. The van der Waals surface area contributed by atoms with Crippen LogP contribution >= 0.6 is 0 Å². The number of nitrogens with one attached hydrogen (secondary N) is 1. The average Bonchev–Trinajstić information content (AvgIpc) is 3.14. The van der Waals surface area contributed by atoms with Gasteiger partial charge >= 0.3 is 0 Å². The molecular weight excluding hydrogens is 206 g/mol. The molecule has 17 heavy (non-hydrogen) atoms. The Morgan fingerprint density at radius 3 is 2.59 bits per heavy atom. The second kappa shape index (κ2) is 5.22. The lowest BCUT2D eigenvalue weighted by Crippen LogP contribution is -2.34. The van der Waals surface area contributed by atoms with Crippen LogP contribution in [0.4, 0.5) is 0 Å². The Kier molecular flexibility index (Phi) is 3.88. The van der Waals surface area contributed by atoms with Crippen molar-refractivity contribution < 1.29 is 0 Å². The van der Waals surface area contributed by atoms with Gasteiger partial charge in [-0.15, -0.1) is 0 Å². The zero-order chi connectivity index (χ0) is 12.3. The van der Waals surface area contributed by atoms with Crippen LogP contribution in [0.1, 0.15) is 44.2 Å². The second-order valence-electron chi connectivity index (χ2n) is 5.92. The third-order valence-electron chi connectivity index (χ3n) is 4.13. The molecule has 1 aliphatic carbocycles. The van der Waals surface area contributed by atoms with Gasteiger partial charge in [-0.3, -0.25) is 0 Å². The van der Waals surface area contributed by atoms with Gasteiger partial charge in [-0.05, 0) is 49.1 Å². The number of hydrogen-bond acceptors (Lipinski definition) is 1. The Balaban J connectivity index is 1.99. The molecule has 1 atom stereocenters. The largest absolute Gasteiger partial charge is 0.313 e. The first kappa shape index (κ1) is 12.6. The molecule has 1 N–H and O–H groups in total. The van der Waals surface area contributed by atoms with Crippen LogP contribution in [0.5, 0.6) is 0 Å². The van der Waals surface area contributed by atoms with Gasteiger partial charge in [0.25, 0.3) is 0 Å². The summed E-state index contributed by atoms with van der Waals surface area (Å²) in [6.45, 7) is 8.10. The van der Waals surface area contributed by atoms with E-state index in [-0.39, 0.29) is 0 Å². The summed E-state index contributed by atoms with van der Waals surface area (Å²) in [7, 11) is 0. The highest BCUT2D eigenvalue weighted by Crippen LogP contribution is 2.29. The Bertz CT molecular complexity index is 368. The summed E-state index contributed by atoms with van der Waals surface area (Å²) in [5.74, 6) is 0. The first-order valence-electron chi connectivity index (χ1n) is 6.91. The third kappa shape index (κ3) is 3.57. The van der Waals surface area contributed by atoms with Crippen LogP contribution in [-0.2, 0) is 6.42 Å². The van der Waals surface area contributed by atoms with E-state index in [2.05, 4.69) is 50.4 Å². The SMILES string of the molecule is CCC(C)(CNC1CC1)Cc1ccccc1C. The molecule has 1 saturated carbocycles.